The first-order valence-corrected chi connectivity index (χ1v) is 6.92. The average molecular weight is 297 g/mol. The van der Waals surface area contributed by atoms with E-state index < -0.39 is 5.97 Å². The van der Waals surface area contributed by atoms with E-state index in [-0.39, 0.29) is 22.4 Å². The van der Waals surface area contributed by atoms with Crippen LogP contribution in [0.25, 0.3) is 0 Å². The summed E-state index contributed by atoms with van der Waals surface area (Å²) in [7, 11) is 0. The van der Waals surface area contributed by atoms with E-state index in [4.69, 9.17) is 16.7 Å². The molecule has 1 aliphatic heterocycles. The van der Waals surface area contributed by atoms with Gasteiger partial charge in [-0.25, -0.2) is 4.79 Å². The molecular weight excluding hydrogens is 280 g/mol. The van der Waals surface area contributed by atoms with Crippen LogP contribution in [0.5, 0.6) is 0 Å². The Labute approximate surface area is 122 Å². The second-order valence-corrected chi connectivity index (χ2v) is 5.47. The molecule has 20 heavy (non-hydrogen) atoms. The van der Waals surface area contributed by atoms with Crippen molar-refractivity contribution in [3.05, 3.63) is 28.8 Å². The zero-order chi connectivity index (χ0) is 14.7. The SMILES string of the molecule is CC1CC(C(=O)Nc2ccc(C(=O)O)cc2Cl)CCN1. The first-order valence-electron chi connectivity index (χ1n) is 6.54. The largest absolute Gasteiger partial charge is 0.478 e. The molecule has 0 aromatic heterocycles. The van der Waals surface area contributed by atoms with Crippen molar-refractivity contribution < 1.29 is 14.7 Å². The number of hydrogen-bond donors (Lipinski definition) is 3. The molecule has 2 rings (SSSR count). The lowest BCUT2D eigenvalue weighted by Gasteiger charge is -2.27. The number of carboxylic acids is 1. The van der Waals surface area contributed by atoms with Gasteiger partial charge in [-0.05, 0) is 44.5 Å². The number of carbonyl (C=O) groups excluding carboxylic acids is 1. The smallest absolute Gasteiger partial charge is 0.335 e. The summed E-state index contributed by atoms with van der Waals surface area (Å²) in [6.07, 6.45) is 1.58. The van der Waals surface area contributed by atoms with Crippen LogP contribution in [0.3, 0.4) is 0 Å². The molecule has 1 aromatic carbocycles. The van der Waals surface area contributed by atoms with E-state index in [1.165, 1.54) is 18.2 Å². The van der Waals surface area contributed by atoms with E-state index in [0.29, 0.717) is 11.7 Å². The molecule has 0 saturated carbocycles. The number of hydrogen-bond acceptors (Lipinski definition) is 3. The number of amides is 1. The Balaban J connectivity index is 2.06. The Bertz CT molecular complexity index is 533. The summed E-state index contributed by atoms with van der Waals surface area (Å²) in [5.74, 6) is -1.15. The molecule has 1 heterocycles. The van der Waals surface area contributed by atoms with E-state index in [9.17, 15) is 9.59 Å². The van der Waals surface area contributed by atoms with Crippen molar-refractivity contribution in [2.24, 2.45) is 5.92 Å². The van der Waals surface area contributed by atoms with E-state index >= 15 is 0 Å². The van der Waals surface area contributed by atoms with Crippen LogP contribution in [-0.4, -0.2) is 29.6 Å². The fourth-order valence-electron chi connectivity index (χ4n) is 2.35. The minimum Gasteiger partial charge on any atom is -0.478 e. The van der Waals surface area contributed by atoms with Gasteiger partial charge in [-0.1, -0.05) is 11.6 Å². The van der Waals surface area contributed by atoms with Crippen LogP contribution >= 0.6 is 11.6 Å². The van der Waals surface area contributed by atoms with Gasteiger partial charge >= 0.3 is 5.97 Å². The Morgan fingerprint density at radius 2 is 2.20 bits per heavy atom. The zero-order valence-corrected chi connectivity index (χ0v) is 11.9. The third-order valence-corrected chi connectivity index (χ3v) is 3.78. The number of carboxylic acid groups (broad SMARTS) is 1. The van der Waals surface area contributed by atoms with Crippen molar-refractivity contribution in [2.75, 3.05) is 11.9 Å². The van der Waals surface area contributed by atoms with Crippen LogP contribution in [0, 0.1) is 5.92 Å². The summed E-state index contributed by atoms with van der Waals surface area (Å²) < 4.78 is 0. The van der Waals surface area contributed by atoms with Gasteiger partial charge in [-0.3, -0.25) is 4.79 Å². The van der Waals surface area contributed by atoms with Gasteiger partial charge in [0.05, 0.1) is 16.3 Å². The predicted molar refractivity (Wildman–Crippen MR) is 77.2 cm³/mol. The fourth-order valence-corrected chi connectivity index (χ4v) is 2.58. The minimum absolute atomic E-state index is 0.0403. The van der Waals surface area contributed by atoms with Crippen molar-refractivity contribution in [3.8, 4) is 0 Å². The van der Waals surface area contributed by atoms with Crippen molar-refractivity contribution in [2.45, 2.75) is 25.8 Å². The molecule has 3 N–H and O–H groups in total. The second kappa shape index (κ2) is 6.24. The van der Waals surface area contributed by atoms with Gasteiger partial charge in [-0.2, -0.15) is 0 Å². The van der Waals surface area contributed by atoms with Gasteiger partial charge < -0.3 is 15.7 Å². The number of nitrogens with one attached hydrogen (secondary N) is 2. The summed E-state index contributed by atoms with van der Waals surface area (Å²) in [6.45, 7) is 2.87. The highest BCUT2D eigenvalue weighted by atomic mass is 35.5. The van der Waals surface area contributed by atoms with Crippen molar-refractivity contribution in [1.82, 2.24) is 5.32 Å². The molecule has 5 nitrogen and oxygen atoms in total. The molecule has 1 aliphatic rings. The normalized spacial score (nSPS) is 22.3. The third kappa shape index (κ3) is 3.49. The third-order valence-electron chi connectivity index (χ3n) is 3.47. The Morgan fingerprint density at radius 1 is 1.45 bits per heavy atom. The van der Waals surface area contributed by atoms with Crippen LogP contribution in [0.1, 0.15) is 30.1 Å². The quantitative estimate of drug-likeness (QED) is 0.800. The molecule has 0 radical (unpaired) electrons. The number of benzene rings is 1. The number of piperidine rings is 1. The van der Waals surface area contributed by atoms with E-state index in [2.05, 4.69) is 10.6 Å². The van der Waals surface area contributed by atoms with Crippen molar-refractivity contribution in [1.29, 1.82) is 0 Å². The number of aromatic carboxylic acids is 1. The van der Waals surface area contributed by atoms with Gasteiger partial charge in [0.1, 0.15) is 0 Å². The highest BCUT2D eigenvalue weighted by Gasteiger charge is 2.25. The molecule has 0 aliphatic carbocycles. The number of anilines is 1. The Morgan fingerprint density at radius 3 is 2.80 bits per heavy atom. The standard InChI is InChI=1S/C14H17ClN2O3/c1-8-6-9(4-5-16-8)13(18)17-12-3-2-10(14(19)20)7-11(12)15/h2-3,7-9,16H,4-6H2,1H3,(H,17,18)(H,19,20). The Kier molecular flexibility index (Phi) is 4.62. The highest BCUT2D eigenvalue weighted by Crippen LogP contribution is 2.25. The number of rotatable bonds is 3. The molecule has 1 aromatic rings. The summed E-state index contributed by atoms with van der Waals surface area (Å²) in [5, 5.41) is 15.2. The fraction of sp³-hybridized carbons (Fsp3) is 0.429. The molecule has 1 saturated heterocycles. The first kappa shape index (κ1) is 14.8. The maximum absolute atomic E-state index is 12.2. The lowest BCUT2D eigenvalue weighted by molar-refractivity contribution is -0.120. The molecule has 1 amide bonds. The summed E-state index contributed by atoms with van der Waals surface area (Å²) >= 11 is 5.99. The van der Waals surface area contributed by atoms with Crippen LogP contribution < -0.4 is 10.6 Å². The number of carbonyl (C=O) groups is 2. The van der Waals surface area contributed by atoms with Crippen molar-refractivity contribution >= 4 is 29.2 Å². The molecule has 0 spiro atoms. The zero-order valence-electron chi connectivity index (χ0n) is 11.1. The molecule has 6 heteroatoms. The average Bonchev–Trinajstić information content (AvgIpc) is 2.40. The summed E-state index contributed by atoms with van der Waals surface area (Å²) in [5.41, 5.74) is 0.552. The lowest BCUT2D eigenvalue weighted by Crippen LogP contribution is -2.40. The maximum Gasteiger partial charge on any atom is 0.335 e. The van der Waals surface area contributed by atoms with Gasteiger partial charge in [0.2, 0.25) is 5.91 Å². The van der Waals surface area contributed by atoms with E-state index in [1.54, 1.807) is 0 Å². The molecule has 2 unspecified atom stereocenters. The number of halogens is 1. The van der Waals surface area contributed by atoms with Gasteiger partial charge in [0, 0.05) is 12.0 Å². The molecule has 108 valence electrons. The summed E-state index contributed by atoms with van der Waals surface area (Å²) in [6, 6.07) is 4.61. The van der Waals surface area contributed by atoms with E-state index in [0.717, 1.165) is 19.4 Å². The van der Waals surface area contributed by atoms with Crippen LogP contribution in [0.2, 0.25) is 5.02 Å². The molecule has 0 bridgehead atoms. The van der Waals surface area contributed by atoms with Gasteiger partial charge in [0.15, 0.2) is 0 Å². The maximum atomic E-state index is 12.2. The van der Waals surface area contributed by atoms with Crippen LogP contribution in [0.15, 0.2) is 18.2 Å². The van der Waals surface area contributed by atoms with Crippen molar-refractivity contribution in [3.63, 3.8) is 0 Å². The minimum atomic E-state index is -1.04. The van der Waals surface area contributed by atoms with Crippen LogP contribution in [-0.2, 0) is 4.79 Å². The van der Waals surface area contributed by atoms with Gasteiger partial charge in [-0.15, -0.1) is 0 Å². The molecule has 1 fully saturated rings. The highest BCUT2D eigenvalue weighted by molar-refractivity contribution is 6.34. The summed E-state index contributed by atoms with van der Waals surface area (Å²) in [4.78, 5) is 23.0. The molecule has 2 atom stereocenters. The van der Waals surface area contributed by atoms with Crippen LogP contribution in [0.4, 0.5) is 5.69 Å². The molecular formula is C14H17ClN2O3. The lowest BCUT2D eigenvalue weighted by atomic mass is 9.92. The second-order valence-electron chi connectivity index (χ2n) is 5.07. The van der Waals surface area contributed by atoms with Gasteiger partial charge in [0.25, 0.3) is 0 Å². The first-order chi connectivity index (χ1) is 9.47. The topological polar surface area (TPSA) is 78.4 Å². The Hall–Kier alpha value is -1.59. The van der Waals surface area contributed by atoms with E-state index in [1.807, 2.05) is 6.92 Å². The monoisotopic (exact) mass is 296 g/mol. The predicted octanol–water partition coefficient (Wildman–Crippen LogP) is 2.36.